The molecule has 19 heavy (non-hydrogen) atoms. The number of rotatable bonds is 3. The molecule has 1 atom stereocenters. The van der Waals surface area contributed by atoms with Crippen LogP contribution >= 0.6 is 0 Å². The molecule has 0 N–H and O–H groups in total. The molecule has 1 unspecified atom stereocenters. The van der Waals surface area contributed by atoms with Gasteiger partial charge >= 0.3 is 121 Å². The van der Waals surface area contributed by atoms with Crippen LogP contribution in [0.3, 0.4) is 0 Å². The van der Waals surface area contributed by atoms with Gasteiger partial charge in [0.05, 0.1) is 0 Å². The van der Waals surface area contributed by atoms with Gasteiger partial charge in [-0.05, 0) is 0 Å². The predicted molar refractivity (Wildman–Crippen MR) is 55.7 cm³/mol. The van der Waals surface area contributed by atoms with E-state index in [-0.39, 0.29) is 0 Å². The van der Waals surface area contributed by atoms with Crippen LogP contribution in [-0.2, 0) is 43.8 Å². The van der Waals surface area contributed by atoms with Crippen LogP contribution in [0.2, 0.25) is 0 Å². The van der Waals surface area contributed by atoms with Crippen molar-refractivity contribution in [2.75, 3.05) is 7.11 Å². The van der Waals surface area contributed by atoms with Crippen LogP contribution in [-0.4, -0.2) is 11.7 Å². The molecule has 0 heterocycles. The summed E-state index contributed by atoms with van der Waals surface area (Å²) in [5, 5.41) is 0. The molecule has 0 aromatic rings. The van der Waals surface area contributed by atoms with Crippen molar-refractivity contribution in [1.82, 2.24) is 0 Å². The van der Waals surface area contributed by atoms with E-state index in [0.717, 1.165) is 4.57 Å². The van der Waals surface area contributed by atoms with Crippen LogP contribution in [0.5, 0.6) is 0 Å². The van der Waals surface area contributed by atoms with Gasteiger partial charge in [0.15, 0.2) is 0 Å². The molecule has 6 nitrogen and oxygen atoms in total. The van der Waals surface area contributed by atoms with Gasteiger partial charge in [0.1, 0.15) is 0 Å². The first-order valence-corrected chi connectivity index (χ1v) is 4.83. The molecule has 0 amide bonds. The van der Waals surface area contributed by atoms with Crippen molar-refractivity contribution >= 4 is 4.57 Å². The predicted octanol–water partition coefficient (Wildman–Crippen LogP) is 1.41. The first kappa shape index (κ1) is 36.1. The van der Waals surface area contributed by atoms with Crippen molar-refractivity contribution in [1.29, 1.82) is 0 Å². The average Bonchev–Trinajstić information content (AvgIpc) is 2.55. The summed E-state index contributed by atoms with van der Waals surface area (Å²) in [6.07, 6.45) is 0. The quantitative estimate of drug-likeness (QED) is 0.570. The molecular formula is C12H14CrO6. The van der Waals surface area contributed by atoms with Gasteiger partial charge in [-0.25, -0.2) is 0 Å². The summed E-state index contributed by atoms with van der Waals surface area (Å²) in [4.78, 5) is 0. The first-order chi connectivity index (χ1) is 9.09. The van der Waals surface area contributed by atoms with Gasteiger partial charge in [0.25, 0.3) is 0 Å². The Balaban J connectivity index is -0.0000000356. The van der Waals surface area contributed by atoms with E-state index in [1.165, 1.54) is 0 Å². The monoisotopic (exact) mass is 306 g/mol. The third-order valence-corrected chi connectivity index (χ3v) is 2.41. The summed E-state index contributed by atoms with van der Waals surface area (Å²) in [5.74, 6) is 1.18. The van der Waals surface area contributed by atoms with E-state index in [1.54, 1.807) is 7.11 Å². The summed E-state index contributed by atoms with van der Waals surface area (Å²) >= 11 is 2.90. The van der Waals surface area contributed by atoms with Gasteiger partial charge in [-0.2, -0.15) is 0 Å². The molecule has 0 fully saturated rings. The zero-order valence-electron chi connectivity index (χ0n) is 11.0. The van der Waals surface area contributed by atoms with Crippen LogP contribution in [0, 0.1) is 45.1 Å². The summed E-state index contributed by atoms with van der Waals surface area (Å²) in [6, 6.07) is 0. The Kier molecular flexibility index (Phi) is 102. The van der Waals surface area contributed by atoms with Gasteiger partial charge in [-0.3, -0.25) is 0 Å². The van der Waals surface area contributed by atoms with E-state index in [9.17, 15) is 0 Å². The van der Waals surface area contributed by atoms with Gasteiger partial charge in [0, 0.05) is 0 Å². The van der Waals surface area contributed by atoms with Crippen molar-refractivity contribution in [3.8, 4) is 0 Å². The standard InChI is InChI=1S/C7H14O.5CO.Cr/c1-6(2)7(3)5-8-4;5*1-2;/h6-7H,1-4H3;;;;;;. The van der Waals surface area contributed by atoms with Crippen molar-refractivity contribution < 1.29 is 43.8 Å². The molecule has 0 aromatic heterocycles. The van der Waals surface area contributed by atoms with E-state index in [0.29, 0.717) is 11.8 Å². The SMILES string of the molecule is CO[C](=[Cr])C(C)C(C)C.[C-]#[O+].[C-]#[O+].[C-]#[O+].[C-]#[O+].[C-]#[O+]. The molecule has 0 bridgehead atoms. The van der Waals surface area contributed by atoms with Crippen LogP contribution in [0.4, 0.5) is 0 Å². The zero-order valence-corrected chi connectivity index (χ0v) is 12.3. The molecule has 0 radical (unpaired) electrons. The average molecular weight is 306 g/mol. The van der Waals surface area contributed by atoms with E-state index >= 15 is 0 Å². The van der Waals surface area contributed by atoms with Gasteiger partial charge in [0.2, 0.25) is 0 Å². The topological polar surface area (TPSA) is 109 Å². The Bertz CT molecular complexity index is 227. The summed E-state index contributed by atoms with van der Waals surface area (Å²) in [6.45, 7) is 29.0. The third kappa shape index (κ3) is 47.1. The maximum absolute atomic E-state index is 7.50. The van der Waals surface area contributed by atoms with Gasteiger partial charge in [-0.1, -0.05) is 0 Å². The molecule has 0 saturated heterocycles. The number of hydrogen-bond donors (Lipinski definition) is 0. The summed E-state index contributed by atoms with van der Waals surface area (Å²) in [5.41, 5.74) is 0. The summed E-state index contributed by atoms with van der Waals surface area (Å²) < 4.78 is 43.5. The Morgan fingerprint density at radius 3 is 1.05 bits per heavy atom. The molecule has 7 heteroatoms. The second-order valence-corrected chi connectivity index (χ2v) is 3.18. The third-order valence-electron chi connectivity index (χ3n) is 1.57. The normalized spacial score (nSPS) is 7.11. The molecule has 104 valence electrons. The maximum atomic E-state index is 7.50. The van der Waals surface area contributed by atoms with Crippen molar-refractivity contribution in [3.05, 3.63) is 33.3 Å². The van der Waals surface area contributed by atoms with E-state index in [1.807, 2.05) is 0 Å². The summed E-state index contributed by atoms with van der Waals surface area (Å²) in [7, 11) is 1.70. The Hall–Kier alpha value is -0.938. The van der Waals surface area contributed by atoms with Crippen LogP contribution in [0.25, 0.3) is 0 Å². The van der Waals surface area contributed by atoms with E-state index in [4.69, 9.17) is 28.0 Å². The second-order valence-electron chi connectivity index (χ2n) is 2.56. The van der Waals surface area contributed by atoms with Gasteiger partial charge in [-0.15, -0.1) is 0 Å². The molecule has 0 rings (SSSR count). The number of methoxy groups -OCH3 is 1. The molecule has 0 aliphatic carbocycles. The fourth-order valence-corrected chi connectivity index (χ4v) is 0.883. The Morgan fingerprint density at radius 2 is 1.00 bits per heavy atom. The van der Waals surface area contributed by atoms with E-state index in [2.05, 4.69) is 69.9 Å². The van der Waals surface area contributed by atoms with E-state index < -0.39 is 0 Å². The minimum absolute atomic E-state index is 0.523. The van der Waals surface area contributed by atoms with Crippen LogP contribution in [0.1, 0.15) is 20.8 Å². The molecule has 0 spiro atoms. The molecule has 0 aliphatic heterocycles. The Labute approximate surface area is 122 Å². The van der Waals surface area contributed by atoms with Crippen molar-refractivity contribution in [2.24, 2.45) is 11.8 Å². The molecule has 0 saturated carbocycles. The fraction of sp³-hybridized carbons (Fsp3) is 0.500. The second kappa shape index (κ2) is 53.6. The molecule has 0 aliphatic rings. The zero-order chi connectivity index (χ0) is 17.4. The van der Waals surface area contributed by atoms with Gasteiger partial charge < -0.3 is 0 Å². The van der Waals surface area contributed by atoms with Crippen molar-refractivity contribution in [3.63, 3.8) is 0 Å². The minimum atomic E-state index is 0.523. The van der Waals surface area contributed by atoms with Crippen LogP contribution in [0.15, 0.2) is 0 Å². The van der Waals surface area contributed by atoms with Crippen LogP contribution < -0.4 is 0 Å². The number of hydrogen-bond acceptors (Lipinski definition) is 1. The molecule has 0 aromatic carbocycles. The number of ether oxygens (including phenoxy) is 1. The Morgan fingerprint density at radius 1 is 0.789 bits per heavy atom. The molecular weight excluding hydrogens is 292 g/mol. The fourth-order valence-electron chi connectivity index (χ4n) is 0.458. The first-order valence-electron chi connectivity index (χ1n) is 4.19. The van der Waals surface area contributed by atoms with Crippen molar-refractivity contribution in [2.45, 2.75) is 20.8 Å².